The molecule has 2 aliphatic carbocycles. The monoisotopic (exact) mass is 268 g/mol. The average Bonchev–Trinajstić information content (AvgIpc) is 2.83. The van der Waals surface area contributed by atoms with E-state index < -0.39 is 0 Å². The lowest BCUT2D eigenvalue weighted by atomic mass is 9.87. The van der Waals surface area contributed by atoms with Crippen molar-refractivity contribution in [3.05, 3.63) is 21.6 Å². The molecule has 0 aliphatic heterocycles. The molecular weight excluding hydrogens is 252 g/mol. The fraction of sp³-hybridized carbons (Fsp3) is 0.692. The molecule has 0 radical (unpaired) electrons. The lowest BCUT2D eigenvalue weighted by Crippen LogP contribution is -2.04. The van der Waals surface area contributed by atoms with Gasteiger partial charge in [-0.2, -0.15) is 0 Å². The Bertz CT molecular complexity index is 361. The number of hydrogen-bond donors (Lipinski definition) is 0. The summed E-state index contributed by atoms with van der Waals surface area (Å²) in [5.41, 5.74) is 1.47. The molecule has 0 aromatic carbocycles. The summed E-state index contributed by atoms with van der Waals surface area (Å²) >= 11 is 3.74. The van der Waals surface area contributed by atoms with Gasteiger partial charge in [0.25, 0.3) is 0 Å². The highest BCUT2D eigenvalue weighted by atomic mass is 79.9. The number of furan rings is 1. The molecule has 1 fully saturated rings. The van der Waals surface area contributed by atoms with Gasteiger partial charge in [0.15, 0.2) is 0 Å². The van der Waals surface area contributed by atoms with E-state index in [-0.39, 0.29) is 0 Å². The van der Waals surface area contributed by atoms with E-state index in [1.807, 2.05) is 0 Å². The van der Waals surface area contributed by atoms with Gasteiger partial charge >= 0.3 is 0 Å². The van der Waals surface area contributed by atoms with Gasteiger partial charge in [-0.3, -0.25) is 0 Å². The Morgan fingerprint density at radius 1 is 1.00 bits per heavy atom. The second kappa shape index (κ2) is 3.97. The molecule has 0 atom stereocenters. The number of aryl methyl sites for hydroxylation is 1. The molecule has 2 heteroatoms. The Morgan fingerprint density at radius 3 is 2.53 bits per heavy atom. The number of rotatable bonds is 1. The minimum atomic E-state index is 0.693. The lowest BCUT2D eigenvalue weighted by Gasteiger charge is -2.20. The first kappa shape index (κ1) is 9.95. The van der Waals surface area contributed by atoms with Crippen LogP contribution in [0.25, 0.3) is 0 Å². The van der Waals surface area contributed by atoms with E-state index in [1.165, 1.54) is 66.5 Å². The minimum Gasteiger partial charge on any atom is -0.464 e. The highest BCUT2D eigenvalue weighted by molar-refractivity contribution is 9.10. The van der Waals surface area contributed by atoms with Crippen LogP contribution in [0.5, 0.6) is 0 Å². The molecule has 0 N–H and O–H groups in total. The van der Waals surface area contributed by atoms with E-state index in [4.69, 9.17) is 4.42 Å². The van der Waals surface area contributed by atoms with Gasteiger partial charge in [0.2, 0.25) is 0 Å². The van der Waals surface area contributed by atoms with Gasteiger partial charge in [0.1, 0.15) is 11.5 Å². The SMILES string of the molecule is Brc1c(C2CCCCC2)oc2c1CCC2. The largest absolute Gasteiger partial charge is 0.464 e. The third-order valence-electron chi connectivity index (χ3n) is 3.86. The summed E-state index contributed by atoms with van der Waals surface area (Å²) in [6.45, 7) is 0. The van der Waals surface area contributed by atoms with Crippen molar-refractivity contribution in [3.8, 4) is 0 Å². The molecule has 1 aromatic heterocycles. The molecule has 2 aliphatic rings. The summed E-state index contributed by atoms with van der Waals surface area (Å²) in [5.74, 6) is 3.22. The van der Waals surface area contributed by atoms with Crippen molar-refractivity contribution < 1.29 is 4.42 Å². The van der Waals surface area contributed by atoms with E-state index in [0.717, 1.165) is 6.42 Å². The van der Waals surface area contributed by atoms with Gasteiger partial charge < -0.3 is 4.42 Å². The highest BCUT2D eigenvalue weighted by Crippen LogP contribution is 2.42. The summed E-state index contributed by atoms with van der Waals surface area (Å²) in [4.78, 5) is 0. The molecule has 0 bridgehead atoms. The van der Waals surface area contributed by atoms with Crippen LogP contribution in [0.3, 0.4) is 0 Å². The summed E-state index contributed by atoms with van der Waals surface area (Å²) in [6, 6.07) is 0. The Kier molecular flexibility index (Phi) is 2.63. The number of halogens is 1. The maximum Gasteiger partial charge on any atom is 0.121 e. The molecule has 1 saturated carbocycles. The van der Waals surface area contributed by atoms with Gasteiger partial charge in [-0.05, 0) is 41.6 Å². The van der Waals surface area contributed by atoms with Crippen LogP contribution in [-0.4, -0.2) is 0 Å². The van der Waals surface area contributed by atoms with Crippen molar-refractivity contribution >= 4 is 15.9 Å². The number of hydrogen-bond acceptors (Lipinski definition) is 1. The number of fused-ring (bicyclic) bond motifs is 1. The molecule has 0 unspecified atom stereocenters. The van der Waals surface area contributed by atoms with Crippen molar-refractivity contribution in [2.24, 2.45) is 0 Å². The van der Waals surface area contributed by atoms with Crippen molar-refractivity contribution in [2.75, 3.05) is 0 Å². The quantitative estimate of drug-likeness (QED) is 0.727. The summed E-state index contributed by atoms with van der Waals surface area (Å²) in [5, 5.41) is 0. The second-order valence-electron chi connectivity index (χ2n) is 4.87. The molecule has 1 nitrogen and oxygen atoms in total. The van der Waals surface area contributed by atoms with Crippen molar-refractivity contribution in [1.82, 2.24) is 0 Å². The second-order valence-corrected chi connectivity index (χ2v) is 5.66. The van der Waals surface area contributed by atoms with Crippen molar-refractivity contribution in [2.45, 2.75) is 57.3 Å². The zero-order valence-corrected chi connectivity index (χ0v) is 10.6. The van der Waals surface area contributed by atoms with Crippen LogP contribution in [0, 0.1) is 0 Å². The Labute approximate surface area is 99.4 Å². The van der Waals surface area contributed by atoms with Crippen LogP contribution >= 0.6 is 15.9 Å². The topological polar surface area (TPSA) is 13.1 Å². The molecule has 1 heterocycles. The molecule has 0 saturated heterocycles. The fourth-order valence-electron chi connectivity index (χ4n) is 3.01. The van der Waals surface area contributed by atoms with E-state index >= 15 is 0 Å². The van der Waals surface area contributed by atoms with Crippen LogP contribution in [0.2, 0.25) is 0 Å². The zero-order chi connectivity index (χ0) is 10.3. The van der Waals surface area contributed by atoms with Crippen LogP contribution in [0.4, 0.5) is 0 Å². The van der Waals surface area contributed by atoms with Crippen molar-refractivity contribution in [1.29, 1.82) is 0 Å². The Balaban J connectivity index is 1.91. The van der Waals surface area contributed by atoms with E-state index in [9.17, 15) is 0 Å². The first-order chi connectivity index (χ1) is 7.36. The summed E-state index contributed by atoms with van der Waals surface area (Å²) < 4.78 is 7.36. The molecule has 3 rings (SSSR count). The van der Waals surface area contributed by atoms with Gasteiger partial charge in [-0.25, -0.2) is 0 Å². The van der Waals surface area contributed by atoms with Crippen LogP contribution < -0.4 is 0 Å². The van der Waals surface area contributed by atoms with Crippen LogP contribution in [0.15, 0.2) is 8.89 Å². The third kappa shape index (κ3) is 1.67. The first-order valence-electron chi connectivity index (χ1n) is 6.16. The van der Waals surface area contributed by atoms with Crippen molar-refractivity contribution in [3.63, 3.8) is 0 Å². The highest BCUT2D eigenvalue weighted by Gasteiger charge is 2.27. The maximum atomic E-state index is 6.05. The fourth-order valence-corrected chi connectivity index (χ4v) is 3.84. The van der Waals surface area contributed by atoms with Gasteiger partial charge in [-0.15, -0.1) is 0 Å². The normalized spacial score (nSPS) is 21.9. The summed E-state index contributed by atoms with van der Waals surface area (Å²) in [6.07, 6.45) is 10.5. The average molecular weight is 269 g/mol. The van der Waals surface area contributed by atoms with Gasteiger partial charge in [0.05, 0.1) is 4.47 Å². The maximum absolute atomic E-state index is 6.05. The molecule has 82 valence electrons. The van der Waals surface area contributed by atoms with Gasteiger partial charge in [-0.1, -0.05) is 19.3 Å². The third-order valence-corrected chi connectivity index (χ3v) is 4.73. The van der Waals surface area contributed by atoms with E-state index in [1.54, 1.807) is 0 Å². The Morgan fingerprint density at radius 2 is 1.80 bits per heavy atom. The van der Waals surface area contributed by atoms with Crippen LogP contribution in [-0.2, 0) is 12.8 Å². The zero-order valence-electron chi connectivity index (χ0n) is 9.02. The molecular formula is C13H17BrO. The molecule has 0 spiro atoms. The summed E-state index contributed by atoms with van der Waals surface area (Å²) in [7, 11) is 0. The molecule has 15 heavy (non-hydrogen) atoms. The van der Waals surface area contributed by atoms with E-state index in [0.29, 0.717) is 5.92 Å². The lowest BCUT2D eigenvalue weighted by molar-refractivity contribution is 0.361. The Hall–Kier alpha value is -0.240. The first-order valence-corrected chi connectivity index (χ1v) is 6.95. The standard InChI is InChI=1S/C13H17BrO/c14-12-10-7-4-8-11(10)15-13(12)9-5-2-1-3-6-9/h9H,1-8H2. The van der Waals surface area contributed by atoms with Crippen LogP contribution in [0.1, 0.15) is 61.5 Å². The predicted molar refractivity (Wildman–Crippen MR) is 64.3 cm³/mol. The molecule has 0 amide bonds. The predicted octanol–water partition coefficient (Wildman–Crippen LogP) is 4.58. The minimum absolute atomic E-state index is 0.693. The van der Waals surface area contributed by atoms with Gasteiger partial charge in [0, 0.05) is 17.9 Å². The smallest absolute Gasteiger partial charge is 0.121 e. The molecule has 1 aromatic rings. The van der Waals surface area contributed by atoms with E-state index in [2.05, 4.69) is 15.9 Å².